The van der Waals surface area contributed by atoms with Crippen LogP contribution in [-0.2, 0) is 6.54 Å². The fourth-order valence-electron chi connectivity index (χ4n) is 2.79. The topological polar surface area (TPSA) is 78.0 Å². The molecule has 7 nitrogen and oxygen atoms in total. The van der Waals surface area contributed by atoms with Crippen LogP contribution in [0.15, 0.2) is 41.6 Å². The summed E-state index contributed by atoms with van der Waals surface area (Å²) in [5.41, 5.74) is 2.23. The van der Waals surface area contributed by atoms with E-state index in [-0.39, 0.29) is 16.9 Å². The summed E-state index contributed by atoms with van der Waals surface area (Å²) in [4.78, 5) is 17.0. The number of hydrogen-bond donors (Lipinski definition) is 0. The number of aryl methyl sites for hydroxylation is 1. The Hall–Kier alpha value is -3.16. The molecule has 0 saturated carbocycles. The van der Waals surface area contributed by atoms with E-state index >= 15 is 0 Å². The van der Waals surface area contributed by atoms with Crippen molar-refractivity contribution in [3.63, 3.8) is 0 Å². The van der Waals surface area contributed by atoms with Crippen molar-refractivity contribution in [3.05, 3.63) is 53.0 Å². The average molecular weight is 352 g/mol. The van der Waals surface area contributed by atoms with Gasteiger partial charge in [0.25, 0.3) is 5.56 Å². The van der Waals surface area contributed by atoms with Crippen molar-refractivity contribution in [2.75, 3.05) is 0 Å². The van der Waals surface area contributed by atoms with Gasteiger partial charge in [-0.25, -0.2) is 9.37 Å². The predicted octanol–water partition coefficient (Wildman–Crippen LogP) is 2.69. The SMILES string of the molecule is CC(C)CCn1cnc2c(nnc3c(-c4ccc(F)cc4)cnn32)c1=O. The summed E-state index contributed by atoms with van der Waals surface area (Å²) in [6.07, 6.45) is 4.01. The van der Waals surface area contributed by atoms with E-state index in [0.717, 1.165) is 12.0 Å². The van der Waals surface area contributed by atoms with E-state index < -0.39 is 0 Å². The van der Waals surface area contributed by atoms with Gasteiger partial charge in [-0.15, -0.1) is 10.2 Å². The fourth-order valence-corrected chi connectivity index (χ4v) is 2.79. The van der Waals surface area contributed by atoms with Crippen molar-refractivity contribution in [2.24, 2.45) is 5.92 Å². The lowest BCUT2D eigenvalue weighted by atomic mass is 10.1. The maximum Gasteiger partial charge on any atom is 0.283 e. The highest BCUT2D eigenvalue weighted by Gasteiger charge is 2.15. The molecule has 0 aliphatic carbocycles. The van der Waals surface area contributed by atoms with Gasteiger partial charge in [-0.05, 0) is 30.0 Å². The van der Waals surface area contributed by atoms with E-state index in [9.17, 15) is 9.18 Å². The Morgan fingerprint density at radius 2 is 1.88 bits per heavy atom. The average Bonchev–Trinajstić information content (AvgIpc) is 3.06. The Bertz CT molecular complexity index is 1150. The highest BCUT2D eigenvalue weighted by atomic mass is 19.1. The number of fused-ring (bicyclic) bond motifs is 3. The molecule has 0 N–H and O–H groups in total. The van der Waals surface area contributed by atoms with Gasteiger partial charge in [0, 0.05) is 12.1 Å². The zero-order chi connectivity index (χ0) is 18.3. The van der Waals surface area contributed by atoms with E-state index in [1.807, 2.05) is 0 Å². The van der Waals surface area contributed by atoms with Gasteiger partial charge in [0.15, 0.2) is 16.8 Å². The molecular weight excluding hydrogens is 335 g/mol. The van der Waals surface area contributed by atoms with Gasteiger partial charge in [-0.1, -0.05) is 26.0 Å². The van der Waals surface area contributed by atoms with Crippen LogP contribution in [0, 0.1) is 11.7 Å². The monoisotopic (exact) mass is 352 g/mol. The Morgan fingerprint density at radius 3 is 2.62 bits per heavy atom. The van der Waals surface area contributed by atoms with Crippen molar-refractivity contribution in [1.82, 2.24) is 29.4 Å². The first-order chi connectivity index (χ1) is 12.5. The minimum atomic E-state index is -0.314. The first-order valence-electron chi connectivity index (χ1n) is 8.40. The Kier molecular flexibility index (Phi) is 3.95. The van der Waals surface area contributed by atoms with Gasteiger partial charge in [0.2, 0.25) is 0 Å². The van der Waals surface area contributed by atoms with Crippen LogP contribution in [-0.4, -0.2) is 29.4 Å². The van der Waals surface area contributed by atoms with Crippen LogP contribution in [0.3, 0.4) is 0 Å². The zero-order valence-corrected chi connectivity index (χ0v) is 14.4. The summed E-state index contributed by atoms with van der Waals surface area (Å²) in [6, 6.07) is 6.04. The third-order valence-electron chi connectivity index (χ3n) is 4.29. The van der Waals surface area contributed by atoms with E-state index in [1.165, 1.54) is 23.0 Å². The molecule has 0 saturated heterocycles. The third-order valence-corrected chi connectivity index (χ3v) is 4.29. The van der Waals surface area contributed by atoms with E-state index in [4.69, 9.17) is 0 Å². The first-order valence-corrected chi connectivity index (χ1v) is 8.40. The second-order valence-electron chi connectivity index (χ2n) is 6.60. The third kappa shape index (κ3) is 2.73. The fraction of sp³-hybridized carbons (Fsp3) is 0.278. The van der Waals surface area contributed by atoms with Gasteiger partial charge < -0.3 is 0 Å². The molecule has 132 valence electrons. The van der Waals surface area contributed by atoms with E-state index in [0.29, 0.717) is 29.3 Å². The number of nitrogens with zero attached hydrogens (tertiary/aromatic N) is 6. The van der Waals surface area contributed by atoms with Gasteiger partial charge in [-0.2, -0.15) is 9.61 Å². The lowest BCUT2D eigenvalue weighted by Gasteiger charge is -2.08. The molecule has 0 radical (unpaired) electrons. The summed E-state index contributed by atoms with van der Waals surface area (Å²) < 4.78 is 16.2. The van der Waals surface area contributed by atoms with Crippen molar-refractivity contribution in [3.8, 4) is 11.1 Å². The van der Waals surface area contributed by atoms with Crippen molar-refractivity contribution < 1.29 is 4.39 Å². The summed E-state index contributed by atoms with van der Waals surface area (Å²) in [7, 11) is 0. The Labute approximate surface area is 148 Å². The number of aromatic nitrogens is 6. The molecule has 0 amide bonds. The van der Waals surface area contributed by atoms with Gasteiger partial charge >= 0.3 is 0 Å². The number of rotatable bonds is 4. The number of halogens is 1. The number of hydrogen-bond acceptors (Lipinski definition) is 5. The lowest BCUT2D eigenvalue weighted by molar-refractivity contribution is 0.505. The zero-order valence-electron chi connectivity index (χ0n) is 14.4. The molecular formula is C18H17FN6O. The second kappa shape index (κ2) is 6.29. The largest absolute Gasteiger partial charge is 0.297 e. The standard InChI is InChI=1S/C18H17FN6O/c1-11(2)7-8-24-10-20-17-15(18(24)26)22-23-16-14(9-21-25(16)17)12-3-5-13(19)6-4-12/h3-6,9-11H,7-8H2,1-2H3. The number of benzene rings is 1. The minimum absolute atomic E-state index is 0.178. The second-order valence-corrected chi connectivity index (χ2v) is 6.60. The molecule has 0 aliphatic heterocycles. The summed E-state index contributed by atoms with van der Waals surface area (Å²) in [5, 5.41) is 12.6. The molecule has 3 aromatic heterocycles. The van der Waals surface area contributed by atoms with Crippen molar-refractivity contribution in [1.29, 1.82) is 0 Å². The molecule has 1 aromatic carbocycles. The maximum absolute atomic E-state index is 13.1. The highest BCUT2D eigenvalue weighted by Crippen LogP contribution is 2.24. The highest BCUT2D eigenvalue weighted by molar-refractivity contribution is 5.80. The van der Waals surface area contributed by atoms with Gasteiger partial charge in [0.05, 0.1) is 6.20 Å². The molecule has 0 aliphatic rings. The van der Waals surface area contributed by atoms with Crippen LogP contribution in [0.2, 0.25) is 0 Å². The molecule has 0 atom stereocenters. The van der Waals surface area contributed by atoms with Gasteiger partial charge in [-0.3, -0.25) is 9.36 Å². The first kappa shape index (κ1) is 16.3. The smallest absolute Gasteiger partial charge is 0.283 e. The maximum atomic E-state index is 13.1. The quantitative estimate of drug-likeness (QED) is 0.564. The molecule has 26 heavy (non-hydrogen) atoms. The molecule has 4 aromatic rings. The molecule has 0 spiro atoms. The molecule has 8 heteroatoms. The Balaban J connectivity index is 1.85. The van der Waals surface area contributed by atoms with Crippen LogP contribution in [0.1, 0.15) is 20.3 Å². The Morgan fingerprint density at radius 1 is 1.12 bits per heavy atom. The lowest BCUT2D eigenvalue weighted by Crippen LogP contribution is -2.23. The molecule has 3 heterocycles. The van der Waals surface area contributed by atoms with Crippen LogP contribution < -0.4 is 5.56 Å². The minimum Gasteiger partial charge on any atom is -0.297 e. The molecule has 0 fully saturated rings. The molecule has 0 unspecified atom stereocenters. The van der Waals surface area contributed by atoms with E-state index in [1.54, 1.807) is 22.9 Å². The van der Waals surface area contributed by atoms with Crippen LogP contribution in [0.5, 0.6) is 0 Å². The van der Waals surface area contributed by atoms with Crippen molar-refractivity contribution in [2.45, 2.75) is 26.8 Å². The van der Waals surface area contributed by atoms with Gasteiger partial charge in [0.1, 0.15) is 12.1 Å². The molecule has 0 bridgehead atoms. The summed E-state index contributed by atoms with van der Waals surface area (Å²) in [5.74, 6) is 0.168. The van der Waals surface area contributed by atoms with Crippen LogP contribution in [0.25, 0.3) is 27.9 Å². The summed E-state index contributed by atoms with van der Waals surface area (Å²) >= 11 is 0. The predicted molar refractivity (Wildman–Crippen MR) is 95.2 cm³/mol. The normalized spacial score (nSPS) is 11.7. The molecule has 4 rings (SSSR count). The summed E-state index contributed by atoms with van der Waals surface area (Å²) in [6.45, 7) is 4.78. The van der Waals surface area contributed by atoms with Crippen molar-refractivity contribution >= 4 is 16.8 Å². The van der Waals surface area contributed by atoms with E-state index in [2.05, 4.69) is 34.1 Å². The van der Waals surface area contributed by atoms with Crippen LogP contribution in [0.4, 0.5) is 4.39 Å². The van der Waals surface area contributed by atoms with Crippen LogP contribution >= 0.6 is 0 Å².